The van der Waals surface area contributed by atoms with Crippen LogP contribution in [0.25, 0.3) is 11.0 Å². The van der Waals surface area contributed by atoms with E-state index in [4.69, 9.17) is 14.7 Å². The van der Waals surface area contributed by atoms with Crippen LogP contribution in [0, 0.1) is 28.9 Å². The Morgan fingerprint density at radius 2 is 1.91 bits per heavy atom. The van der Waals surface area contributed by atoms with Crippen molar-refractivity contribution < 1.29 is 23.0 Å². The standard InChI is InChI=1S/C24H24F2N6O3/c1-30-21-14(9-28-23-16(21)6-15(29-23)12-31-5-4-13(8-27)10-31)11-32(24(30)33)22-19(25)17(34-2)7-18(35-3)20(22)26/h6-7,9,13H,4-5,10-12H2,1-3H3,(H,28,29). The fraction of sp³-hybridized carbons (Fsp3) is 0.375. The van der Waals surface area contributed by atoms with Gasteiger partial charge in [0.25, 0.3) is 0 Å². The molecular formula is C24H24F2N6O3. The SMILES string of the molecule is COc1cc(OC)c(F)c(N2Cc3cnc4[nH]c(CN5CCC(C#N)C5)cc4c3N(C)C2=O)c1F. The molecule has 3 aromatic rings. The monoisotopic (exact) mass is 482 g/mol. The molecule has 0 aliphatic carbocycles. The van der Waals surface area contributed by atoms with Crippen LogP contribution in [-0.2, 0) is 13.1 Å². The number of amides is 2. The molecule has 1 atom stereocenters. The lowest BCUT2D eigenvalue weighted by Crippen LogP contribution is -2.46. The van der Waals surface area contributed by atoms with Gasteiger partial charge in [0.2, 0.25) is 0 Å². The molecule has 2 amide bonds. The number of urea groups is 1. The maximum atomic E-state index is 15.1. The molecule has 2 aromatic heterocycles. The van der Waals surface area contributed by atoms with Crippen LogP contribution in [0.5, 0.6) is 11.5 Å². The lowest BCUT2D eigenvalue weighted by atomic mass is 10.1. The summed E-state index contributed by atoms with van der Waals surface area (Å²) in [7, 11) is 4.07. The van der Waals surface area contributed by atoms with E-state index in [1.165, 1.54) is 19.1 Å². The molecular weight excluding hydrogens is 458 g/mol. The summed E-state index contributed by atoms with van der Waals surface area (Å²) >= 11 is 0. The normalized spacial score (nSPS) is 18.2. The van der Waals surface area contributed by atoms with Gasteiger partial charge in [0.1, 0.15) is 11.3 Å². The minimum absolute atomic E-state index is 0.0380. The number of aromatic amines is 1. The zero-order valence-electron chi connectivity index (χ0n) is 19.6. The van der Waals surface area contributed by atoms with Crippen molar-refractivity contribution in [2.45, 2.75) is 19.5 Å². The Labute approximate surface area is 200 Å². The first-order valence-electron chi connectivity index (χ1n) is 11.1. The molecule has 5 rings (SSSR count). The Morgan fingerprint density at radius 3 is 2.54 bits per heavy atom. The van der Waals surface area contributed by atoms with Crippen LogP contribution in [0.3, 0.4) is 0 Å². The van der Waals surface area contributed by atoms with Crippen LogP contribution in [0.15, 0.2) is 18.3 Å². The molecule has 2 aliphatic rings. The molecule has 1 saturated heterocycles. The quantitative estimate of drug-likeness (QED) is 0.595. The number of rotatable bonds is 5. The molecule has 0 bridgehead atoms. The zero-order valence-corrected chi connectivity index (χ0v) is 19.6. The summed E-state index contributed by atoms with van der Waals surface area (Å²) in [6.45, 7) is 2.11. The number of nitriles is 1. The van der Waals surface area contributed by atoms with E-state index in [-0.39, 0.29) is 24.0 Å². The average Bonchev–Trinajstić information content (AvgIpc) is 3.48. The smallest absolute Gasteiger partial charge is 0.329 e. The van der Waals surface area contributed by atoms with Gasteiger partial charge >= 0.3 is 6.03 Å². The summed E-state index contributed by atoms with van der Waals surface area (Å²) in [6, 6.07) is 4.76. The molecule has 1 N–H and O–H groups in total. The van der Waals surface area contributed by atoms with Crippen LogP contribution < -0.4 is 19.3 Å². The fourth-order valence-electron chi connectivity index (χ4n) is 4.88. The number of carbonyl (C=O) groups is 1. The van der Waals surface area contributed by atoms with Crippen LogP contribution in [0.1, 0.15) is 17.7 Å². The number of halogens is 2. The van der Waals surface area contributed by atoms with E-state index in [0.717, 1.165) is 35.0 Å². The predicted molar refractivity (Wildman–Crippen MR) is 125 cm³/mol. The molecule has 0 saturated carbocycles. The summed E-state index contributed by atoms with van der Waals surface area (Å²) in [5.41, 5.74) is 2.25. The number of H-pyrrole nitrogens is 1. The molecule has 1 fully saturated rings. The molecule has 1 unspecified atom stereocenters. The van der Waals surface area contributed by atoms with E-state index in [1.807, 2.05) is 6.07 Å². The van der Waals surface area contributed by atoms with Gasteiger partial charge in [0, 0.05) is 49.0 Å². The lowest BCUT2D eigenvalue weighted by Gasteiger charge is -2.35. The van der Waals surface area contributed by atoms with Crippen molar-refractivity contribution in [3.8, 4) is 17.6 Å². The molecule has 11 heteroatoms. The summed E-state index contributed by atoms with van der Waals surface area (Å²) < 4.78 is 40.3. The van der Waals surface area contributed by atoms with Crippen molar-refractivity contribution in [2.24, 2.45) is 5.92 Å². The number of methoxy groups -OCH3 is 2. The lowest BCUT2D eigenvalue weighted by molar-refractivity contribution is 0.250. The number of carbonyl (C=O) groups excluding carboxylic acids is 1. The van der Waals surface area contributed by atoms with Gasteiger partial charge in [-0.05, 0) is 19.0 Å². The van der Waals surface area contributed by atoms with Crippen molar-refractivity contribution in [3.05, 3.63) is 41.2 Å². The zero-order chi connectivity index (χ0) is 24.9. The van der Waals surface area contributed by atoms with Gasteiger partial charge in [0.05, 0.1) is 38.4 Å². The molecule has 0 spiro atoms. The Balaban J connectivity index is 1.52. The van der Waals surface area contributed by atoms with Crippen LogP contribution in [0.2, 0.25) is 0 Å². The van der Waals surface area contributed by atoms with E-state index in [0.29, 0.717) is 30.0 Å². The molecule has 182 valence electrons. The number of hydrogen-bond donors (Lipinski definition) is 1. The van der Waals surface area contributed by atoms with E-state index < -0.39 is 23.4 Å². The Kier molecular flexibility index (Phi) is 5.68. The van der Waals surface area contributed by atoms with Gasteiger partial charge in [-0.3, -0.25) is 14.7 Å². The van der Waals surface area contributed by atoms with E-state index >= 15 is 8.78 Å². The molecule has 1 aromatic carbocycles. The topological polar surface area (TPSA) is 97.7 Å². The number of ether oxygens (including phenoxy) is 2. The van der Waals surface area contributed by atoms with Gasteiger partial charge in [-0.25, -0.2) is 18.6 Å². The number of nitrogens with one attached hydrogen (secondary N) is 1. The van der Waals surface area contributed by atoms with E-state index in [9.17, 15) is 4.79 Å². The van der Waals surface area contributed by atoms with Gasteiger partial charge in [-0.15, -0.1) is 0 Å². The van der Waals surface area contributed by atoms with E-state index in [1.54, 1.807) is 13.2 Å². The third kappa shape index (κ3) is 3.70. The Morgan fingerprint density at radius 1 is 1.20 bits per heavy atom. The Bertz CT molecular complexity index is 1340. The van der Waals surface area contributed by atoms with Crippen molar-refractivity contribution in [2.75, 3.05) is 44.2 Å². The number of aromatic nitrogens is 2. The average molecular weight is 482 g/mol. The fourth-order valence-corrected chi connectivity index (χ4v) is 4.88. The largest absolute Gasteiger partial charge is 0.493 e. The van der Waals surface area contributed by atoms with Gasteiger partial charge < -0.3 is 14.5 Å². The molecule has 35 heavy (non-hydrogen) atoms. The predicted octanol–water partition coefficient (Wildman–Crippen LogP) is 3.78. The third-order valence-corrected chi connectivity index (χ3v) is 6.61. The highest BCUT2D eigenvalue weighted by atomic mass is 19.1. The van der Waals surface area contributed by atoms with Gasteiger partial charge in [-0.1, -0.05) is 0 Å². The molecule has 0 radical (unpaired) electrons. The van der Waals surface area contributed by atoms with Crippen molar-refractivity contribution in [1.82, 2.24) is 14.9 Å². The second kappa shape index (κ2) is 8.70. The minimum atomic E-state index is -0.991. The first kappa shape index (κ1) is 22.9. The third-order valence-electron chi connectivity index (χ3n) is 6.61. The number of hydrogen-bond acceptors (Lipinski definition) is 6. The summed E-state index contributed by atoms with van der Waals surface area (Å²) in [5, 5.41) is 9.89. The van der Waals surface area contributed by atoms with Gasteiger partial charge in [0.15, 0.2) is 23.1 Å². The minimum Gasteiger partial charge on any atom is -0.493 e. The number of anilines is 2. The highest BCUT2D eigenvalue weighted by Gasteiger charge is 2.36. The number of benzene rings is 1. The first-order chi connectivity index (χ1) is 16.9. The summed E-state index contributed by atoms with van der Waals surface area (Å²) in [5.74, 6) is -2.41. The number of pyridine rings is 1. The molecule has 4 heterocycles. The Hall–Kier alpha value is -3.91. The highest BCUT2D eigenvalue weighted by Crippen LogP contribution is 2.42. The highest BCUT2D eigenvalue weighted by molar-refractivity contribution is 6.11. The summed E-state index contributed by atoms with van der Waals surface area (Å²) in [6.07, 6.45) is 2.45. The van der Waals surface area contributed by atoms with Crippen molar-refractivity contribution in [3.63, 3.8) is 0 Å². The molecule has 9 nitrogen and oxygen atoms in total. The van der Waals surface area contributed by atoms with Gasteiger partial charge in [-0.2, -0.15) is 5.26 Å². The number of nitrogens with zero attached hydrogens (tertiary/aromatic N) is 5. The number of fused-ring (bicyclic) bond motifs is 3. The summed E-state index contributed by atoms with van der Waals surface area (Å²) in [4.78, 5) is 25.7. The van der Waals surface area contributed by atoms with E-state index in [2.05, 4.69) is 20.9 Å². The van der Waals surface area contributed by atoms with Crippen molar-refractivity contribution >= 4 is 28.4 Å². The molecule has 2 aliphatic heterocycles. The maximum absolute atomic E-state index is 15.1. The van der Waals surface area contributed by atoms with Crippen molar-refractivity contribution in [1.29, 1.82) is 5.26 Å². The second-order valence-electron chi connectivity index (χ2n) is 8.72. The first-order valence-corrected chi connectivity index (χ1v) is 11.1. The van der Waals surface area contributed by atoms with Crippen LogP contribution >= 0.6 is 0 Å². The maximum Gasteiger partial charge on any atom is 0.329 e. The van der Waals surface area contributed by atoms with Crippen LogP contribution in [-0.4, -0.2) is 55.3 Å². The van der Waals surface area contributed by atoms with Crippen LogP contribution in [0.4, 0.5) is 25.0 Å². The number of likely N-dealkylation sites (tertiary alicyclic amines) is 1. The second-order valence-corrected chi connectivity index (χ2v) is 8.72.